The lowest BCUT2D eigenvalue weighted by atomic mass is 10.1. The predicted molar refractivity (Wildman–Crippen MR) is 120 cm³/mol. The van der Waals surface area contributed by atoms with E-state index in [-0.39, 0.29) is 0 Å². The molecule has 21 heteroatoms. The number of hydrogen-bond acceptors (Lipinski definition) is 0. The van der Waals surface area contributed by atoms with Gasteiger partial charge in [-0.3, -0.25) is 0 Å². The molecule has 0 N–H and O–H groups in total. The van der Waals surface area contributed by atoms with Crippen molar-refractivity contribution in [3.8, 4) is 0 Å². The first-order valence-corrected chi connectivity index (χ1v) is 11.6. The first-order chi connectivity index (χ1) is 16.2. The molecule has 0 heterocycles. The summed E-state index contributed by atoms with van der Waals surface area (Å²) in [7, 11) is -24.0. The summed E-state index contributed by atoms with van der Waals surface area (Å²) in [6.45, 7) is 15.0. The topological polar surface area (TPSA) is 0 Å². The lowest BCUT2D eigenvalue weighted by Gasteiger charge is -2.39. The number of rotatable bonds is 12. The first-order valence-electron chi connectivity index (χ1n) is 11.6. The average Bonchev–Trinajstić information content (AvgIpc) is 2.61. The summed E-state index contributed by atoms with van der Waals surface area (Å²) in [6, 6.07) is 0. The third kappa shape index (κ3) is 105. The van der Waals surface area contributed by atoms with Crippen molar-refractivity contribution in [2.24, 2.45) is 0 Å². The number of unbranched alkanes of at least 4 members (excludes halogenated alkanes) is 4. The highest BCUT2D eigenvalue weighted by molar-refractivity contribution is 6.50. The van der Waals surface area contributed by atoms with Crippen LogP contribution in [0.1, 0.15) is 79.1 Å². The van der Waals surface area contributed by atoms with Crippen molar-refractivity contribution in [2.45, 2.75) is 79.1 Å². The Labute approximate surface area is 208 Å². The molecule has 0 bridgehead atoms. The second-order valence-electron chi connectivity index (χ2n) is 7.63. The van der Waals surface area contributed by atoms with Crippen LogP contribution in [-0.2, 0) is 0 Å². The molecule has 0 saturated carbocycles. The molecule has 0 aromatic heterocycles. The van der Waals surface area contributed by atoms with E-state index < -0.39 is 29.0 Å². The van der Waals surface area contributed by atoms with Gasteiger partial charge in [-0.25, -0.2) is 0 Å². The average molecular weight is 590 g/mol. The molecule has 0 aliphatic carbocycles. The zero-order valence-electron chi connectivity index (χ0n) is 21.3. The largest absolute Gasteiger partial charge is 0.673 e. The van der Waals surface area contributed by atoms with Crippen LogP contribution < -0.4 is 0 Å². The van der Waals surface area contributed by atoms with Crippen molar-refractivity contribution in [2.75, 3.05) is 26.2 Å². The summed E-state index contributed by atoms with van der Waals surface area (Å²) < 4.78 is 157. The monoisotopic (exact) mass is 590 g/mol. The van der Waals surface area contributed by atoms with E-state index in [0.29, 0.717) is 0 Å². The molecule has 0 amide bonds. The molecule has 0 radical (unpaired) electrons. The highest BCUT2D eigenvalue weighted by Gasteiger charge is 2.25. The maximum Gasteiger partial charge on any atom is 0.673 e. The van der Waals surface area contributed by atoms with Gasteiger partial charge in [-0.05, 0) is 25.7 Å². The Kier molecular flexibility index (Phi) is 30.0. The quantitative estimate of drug-likeness (QED) is 0.121. The maximum absolute atomic E-state index is 9.75. The zero-order valence-corrected chi connectivity index (χ0v) is 21.3. The van der Waals surface area contributed by atoms with Crippen molar-refractivity contribution in [1.82, 2.24) is 0 Å². The normalized spacial score (nSPS) is 12.0. The van der Waals surface area contributed by atoms with Crippen LogP contribution in [-0.4, -0.2) is 59.7 Å². The van der Waals surface area contributed by atoms with Crippen LogP contribution in [0.15, 0.2) is 0 Å². The van der Waals surface area contributed by atoms with E-state index in [4.69, 9.17) is 0 Å². The molecule has 0 atom stereocenters. The molecular weight excluding hydrogens is 553 g/mol. The fourth-order valence-corrected chi connectivity index (χ4v) is 2.64. The number of nitrogens with zero attached hydrogens (tertiary/aromatic N) is 1. The van der Waals surface area contributed by atoms with E-state index in [1.54, 1.807) is 0 Å². The van der Waals surface area contributed by atoms with Gasteiger partial charge in [0.2, 0.25) is 0 Å². The Morgan fingerprint density at radius 2 is 0.432 bits per heavy atom. The predicted octanol–water partition coefficient (Wildman–Crippen LogP) is 10.2. The summed E-state index contributed by atoms with van der Waals surface area (Å²) in [5.74, 6) is 0. The SMILES string of the molecule is CCCC[N+](CCCC)(CCCC)CCCC.F[B-](F)(F)F.F[B-](F)(F)F.F[B-](F)(F)F.F[B-](F)(F)F. The van der Waals surface area contributed by atoms with E-state index in [1.807, 2.05) is 0 Å². The molecular formula is C16H36B4F16N-3. The smallest absolute Gasteiger partial charge is 0.418 e. The van der Waals surface area contributed by atoms with Crippen molar-refractivity contribution in [3.63, 3.8) is 0 Å². The summed E-state index contributed by atoms with van der Waals surface area (Å²) in [5.41, 5.74) is 0. The lowest BCUT2D eigenvalue weighted by molar-refractivity contribution is -0.929. The van der Waals surface area contributed by atoms with Gasteiger partial charge >= 0.3 is 29.0 Å². The van der Waals surface area contributed by atoms with Crippen LogP contribution in [0, 0.1) is 0 Å². The Morgan fingerprint density at radius 3 is 0.514 bits per heavy atom. The van der Waals surface area contributed by atoms with Crippen molar-refractivity contribution in [3.05, 3.63) is 0 Å². The van der Waals surface area contributed by atoms with Gasteiger partial charge in [0.1, 0.15) is 0 Å². The summed E-state index contributed by atoms with van der Waals surface area (Å²) in [5, 5.41) is 0. The first kappa shape index (κ1) is 46.0. The molecule has 0 rings (SSSR count). The molecule has 0 spiro atoms. The molecule has 0 fully saturated rings. The third-order valence-electron chi connectivity index (χ3n) is 3.94. The second kappa shape index (κ2) is 24.2. The molecule has 0 aromatic carbocycles. The van der Waals surface area contributed by atoms with Crippen LogP contribution in [0.25, 0.3) is 0 Å². The molecule has 0 aromatic rings. The molecule has 232 valence electrons. The Bertz CT molecular complexity index is 360. The van der Waals surface area contributed by atoms with E-state index in [0.717, 1.165) is 0 Å². The second-order valence-corrected chi connectivity index (χ2v) is 7.63. The Morgan fingerprint density at radius 1 is 0.324 bits per heavy atom. The highest BCUT2D eigenvalue weighted by atomic mass is 19.5. The van der Waals surface area contributed by atoms with Gasteiger partial charge in [-0.15, -0.1) is 0 Å². The van der Waals surface area contributed by atoms with Gasteiger partial charge in [-0.2, -0.15) is 0 Å². The number of halogens is 16. The molecule has 0 aliphatic heterocycles. The maximum atomic E-state index is 9.75. The third-order valence-corrected chi connectivity index (χ3v) is 3.94. The van der Waals surface area contributed by atoms with Crippen molar-refractivity contribution in [1.29, 1.82) is 0 Å². The standard InChI is InChI=1S/C16H36N.4BF4/c1-5-9-13-17(14-10-6-2,15-11-7-3)16-12-8-4;4*2-1(3,4)5/h5-16H2,1-4H3;;;;/q+1;4*-1. The number of hydrogen-bond donors (Lipinski definition) is 0. The van der Waals surface area contributed by atoms with Crippen LogP contribution in [0.4, 0.5) is 69.1 Å². The summed E-state index contributed by atoms with van der Waals surface area (Å²) in [6.07, 6.45) is 11.1. The zero-order chi connectivity index (χ0) is 31.0. The molecule has 1 nitrogen and oxygen atoms in total. The molecule has 0 unspecified atom stereocenters. The minimum absolute atomic E-state index is 1.35. The van der Waals surface area contributed by atoms with E-state index in [1.165, 1.54) is 82.0 Å². The lowest BCUT2D eigenvalue weighted by Crippen LogP contribution is -2.50. The number of quaternary nitrogens is 1. The summed E-state index contributed by atoms with van der Waals surface area (Å²) >= 11 is 0. The molecule has 0 saturated heterocycles. The van der Waals surface area contributed by atoms with Gasteiger partial charge in [-0.1, -0.05) is 53.4 Å². The van der Waals surface area contributed by atoms with Crippen LogP contribution >= 0.6 is 0 Å². The van der Waals surface area contributed by atoms with Crippen LogP contribution in [0.2, 0.25) is 0 Å². The van der Waals surface area contributed by atoms with Crippen LogP contribution in [0.5, 0.6) is 0 Å². The van der Waals surface area contributed by atoms with Crippen molar-refractivity contribution < 1.29 is 73.5 Å². The minimum atomic E-state index is -6.00. The van der Waals surface area contributed by atoms with Crippen molar-refractivity contribution >= 4 is 29.0 Å². The van der Waals surface area contributed by atoms with Gasteiger partial charge < -0.3 is 73.5 Å². The Hall–Kier alpha value is -0.900. The molecule has 0 aliphatic rings. The van der Waals surface area contributed by atoms with Gasteiger partial charge in [0.05, 0.1) is 26.2 Å². The summed E-state index contributed by atoms with van der Waals surface area (Å²) in [4.78, 5) is 0. The Balaban J connectivity index is -0.000000139. The van der Waals surface area contributed by atoms with E-state index in [2.05, 4.69) is 27.7 Å². The van der Waals surface area contributed by atoms with Crippen LogP contribution in [0.3, 0.4) is 0 Å². The highest BCUT2D eigenvalue weighted by Crippen LogP contribution is 2.16. The van der Waals surface area contributed by atoms with Gasteiger partial charge in [0.15, 0.2) is 0 Å². The fraction of sp³-hybridized carbons (Fsp3) is 1.00. The minimum Gasteiger partial charge on any atom is -0.418 e. The van der Waals surface area contributed by atoms with E-state index >= 15 is 0 Å². The molecule has 37 heavy (non-hydrogen) atoms. The van der Waals surface area contributed by atoms with Gasteiger partial charge in [0.25, 0.3) is 0 Å². The van der Waals surface area contributed by atoms with Gasteiger partial charge in [0, 0.05) is 0 Å². The fourth-order valence-electron chi connectivity index (χ4n) is 2.64. The van der Waals surface area contributed by atoms with E-state index in [9.17, 15) is 69.1 Å².